The number of phosphoric ester groups is 1. The molecular formula is C36H61NO37P2-4. The second kappa shape index (κ2) is 29.2. The van der Waals surface area contributed by atoms with Crippen LogP contribution in [0.2, 0.25) is 0 Å². The summed E-state index contributed by atoms with van der Waals surface area (Å²) in [6, 6.07) is 0. The minimum Gasteiger partial charge on any atom is -0.790 e. The molecular weight excluding hydrogens is 1100 g/mol. The number of aliphatic hydroxyl groups is 17. The average molecular weight is 1160 g/mol. The maximum Gasteiger partial charge on any atom is 0.206 e. The molecule has 38 nitrogen and oxygen atoms in total. The van der Waals surface area contributed by atoms with Gasteiger partial charge in [0.2, 0.25) is 6.29 Å². The molecule has 40 heteroatoms. The van der Waals surface area contributed by atoms with Gasteiger partial charge in [0, 0.05) is 0 Å². The Hall–Kier alpha value is -1.11. The first-order valence-corrected chi connectivity index (χ1v) is 24.7. The van der Waals surface area contributed by atoms with E-state index in [0.29, 0.717) is 0 Å². The summed E-state index contributed by atoms with van der Waals surface area (Å²) in [7, 11) is -6.77. The Kier molecular flexibility index (Phi) is 25.3. The third-order valence-electron chi connectivity index (χ3n) is 12.8. The minimum atomic E-state index is -5.69. The molecule has 0 aromatic heterocycles. The Morgan fingerprint density at radius 2 is 0.763 bits per heavy atom. The SMILES string of the molecule is NO[C@@H]1OC(CO[C@H]2OC(CO[C@H]3OC(CO)[C@@H](O)[C@H](O)C3O[C@@H]3OC(CO[O-])[C@@H](O)[C@H](O)C3O)[C@@H](O)[C@H](O)C2O)[C@@H](O)[C@H](O[C@H]2OC(CO)[C@@H](O)[C@H](O)C2O[C@H]2OC(COP(=O)([O-])[O-])[C@@H](O)[C@H](O)C2O)C1O.O=P[O-]. The van der Waals surface area contributed by atoms with Crippen molar-refractivity contribution in [3.05, 3.63) is 0 Å². The van der Waals surface area contributed by atoms with E-state index in [1.54, 1.807) is 0 Å². The largest absolute Gasteiger partial charge is 0.790 e. The van der Waals surface area contributed by atoms with Crippen molar-refractivity contribution in [3.8, 4) is 0 Å². The molecule has 0 aromatic rings. The topological polar surface area (TPSA) is 626 Å². The van der Waals surface area contributed by atoms with Gasteiger partial charge in [-0.15, -0.1) is 0 Å². The zero-order valence-electron chi connectivity index (χ0n) is 38.8. The fourth-order valence-electron chi connectivity index (χ4n) is 8.56. The standard InChI is InChI=1S/C36H64NO35P.HO2P/c37-72-34-27(54)28(69-36-30(23(50)14(41)8(2-39)64-36)71-33-26(53)21(48)17(44)12(67-33)6-62-73(56,57)58)18(45)10(68-34)4-59-31-24(51)19(46)15(42)9(65-31)3-60-35-29(22(49)13(40)7(1-38)63-35)70-32-25(52)20(47)16(43)11(66-32)5-61-55;1-3-2/h7-36,38-55H,1-6,37H2,(H2,56,57,58);(H,1,2)/p-4/t7?,8?,9?,10?,11?,12?,13-,14-,15-,16-,17-,18-,19+,20+,21+,22+,23+,24?,25?,26?,27?,28+,29?,30?,31+,32+,33-,34+,35+,36-;/m1./s1. The molecule has 0 bridgehead atoms. The highest BCUT2D eigenvalue weighted by molar-refractivity contribution is 7.43. The highest BCUT2D eigenvalue weighted by Crippen LogP contribution is 2.36. The van der Waals surface area contributed by atoms with Crippen molar-refractivity contribution in [1.29, 1.82) is 0 Å². The van der Waals surface area contributed by atoms with Crippen LogP contribution in [0.15, 0.2) is 0 Å². The lowest BCUT2D eigenvalue weighted by molar-refractivity contribution is -0.692. The summed E-state index contributed by atoms with van der Waals surface area (Å²) < 4.78 is 84.6. The molecule has 30 atom stereocenters. The van der Waals surface area contributed by atoms with Gasteiger partial charge in [0.25, 0.3) is 0 Å². The molecule has 6 heterocycles. The fraction of sp³-hybridized carbons (Fsp3) is 1.00. The molecule has 6 aliphatic rings. The van der Waals surface area contributed by atoms with Gasteiger partial charge in [-0.05, 0) is 0 Å². The average Bonchev–Trinajstić information content (AvgIpc) is 3.38. The Morgan fingerprint density at radius 3 is 1.21 bits per heavy atom. The van der Waals surface area contributed by atoms with Crippen LogP contribution in [0.5, 0.6) is 0 Å². The van der Waals surface area contributed by atoms with Crippen molar-refractivity contribution in [2.75, 3.05) is 39.6 Å². The quantitative estimate of drug-likeness (QED) is 0.0306. The minimum absolute atomic E-state index is 0.857. The molecule has 0 aromatic carbocycles. The van der Waals surface area contributed by atoms with E-state index < -0.39 is 240 Å². The summed E-state index contributed by atoms with van der Waals surface area (Å²) in [6.07, 6.45) is -59.5. The van der Waals surface area contributed by atoms with Crippen molar-refractivity contribution >= 4 is 16.5 Å². The highest BCUT2D eigenvalue weighted by Gasteiger charge is 2.56. The third-order valence-corrected chi connectivity index (χ3v) is 13.2. The Morgan fingerprint density at radius 1 is 0.421 bits per heavy atom. The first-order valence-electron chi connectivity index (χ1n) is 22.6. The van der Waals surface area contributed by atoms with Gasteiger partial charge in [0.05, 0.1) is 56.2 Å². The van der Waals surface area contributed by atoms with Crippen LogP contribution in [-0.2, 0) is 75.5 Å². The molecule has 0 saturated carbocycles. The zero-order chi connectivity index (χ0) is 56.7. The number of rotatable bonds is 20. The number of nitrogens with two attached hydrogens (primary N) is 1. The molecule has 6 saturated heterocycles. The summed E-state index contributed by atoms with van der Waals surface area (Å²) in [6.45, 7) is -5.82. The molecule has 12 unspecified atom stereocenters. The van der Waals surface area contributed by atoms with E-state index >= 15 is 0 Å². The number of hydrogen-bond donors (Lipinski definition) is 18. The molecule has 6 fully saturated rings. The fourth-order valence-corrected chi connectivity index (χ4v) is 8.89. The van der Waals surface area contributed by atoms with Gasteiger partial charge in [-0.25, -0.2) is 5.90 Å². The second-order valence-electron chi connectivity index (χ2n) is 17.7. The Balaban J connectivity index is 0.00000347. The number of ether oxygens (including phenoxy) is 11. The van der Waals surface area contributed by atoms with Crippen molar-refractivity contribution in [3.63, 3.8) is 0 Å². The van der Waals surface area contributed by atoms with Crippen LogP contribution >= 0.6 is 16.5 Å². The zero-order valence-corrected chi connectivity index (χ0v) is 40.6. The second-order valence-corrected chi connectivity index (χ2v) is 19.0. The van der Waals surface area contributed by atoms with E-state index in [2.05, 4.69) is 14.2 Å². The van der Waals surface area contributed by atoms with Crippen LogP contribution in [0.1, 0.15) is 0 Å². The summed E-state index contributed by atoms with van der Waals surface area (Å²) in [4.78, 5) is 38.9. The van der Waals surface area contributed by atoms with Gasteiger partial charge in [-0.1, -0.05) is 0 Å². The monoisotopic (exact) mass is 1160 g/mol. The van der Waals surface area contributed by atoms with Crippen LogP contribution in [0.3, 0.4) is 0 Å². The Bertz CT molecular complexity index is 1790. The third kappa shape index (κ3) is 15.5. The van der Waals surface area contributed by atoms with Gasteiger partial charge >= 0.3 is 0 Å². The van der Waals surface area contributed by atoms with Crippen LogP contribution in [0.25, 0.3) is 0 Å². The Labute approximate surface area is 428 Å². The van der Waals surface area contributed by atoms with Gasteiger partial charge in [0.15, 0.2) is 31.5 Å². The molecule has 6 aliphatic heterocycles. The van der Waals surface area contributed by atoms with E-state index in [-0.39, 0.29) is 0 Å². The van der Waals surface area contributed by atoms with Gasteiger partial charge < -0.3 is 173 Å². The molecule has 6 rings (SSSR count). The van der Waals surface area contributed by atoms with Crippen LogP contribution in [0.4, 0.5) is 0 Å². The maximum atomic E-state index is 11.5. The lowest BCUT2D eigenvalue weighted by Crippen LogP contribution is -2.67. The van der Waals surface area contributed by atoms with Crippen molar-refractivity contribution < 1.29 is 182 Å². The van der Waals surface area contributed by atoms with Gasteiger partial charge in [-0.2, -0.15) is 0 Å². The van der Waals surface area contributed by atoms with E-state index in [9.17, 15) is 106 Å². The van der Waals surface area contributed by atoms with Gasteiger partial charge in [-0.3, -0.25) is 9.40 Å². The number of hydrogen-bond acceptors (Lipinski definition) is 38. The summed E-state index contributed by atoms with van der Waals surface area (Å²) in [5.41, 5.74) is 0. The van der Waals surface area contributed by atoms with E-state index in [0.717, 1.165) is 0 Å². The first kappa shape index (κ1) is 65.7. The lowest BCUT2D eigenvalue weighted by atomic mass is 9.96. The number of phosphoric acid groups is 1. The van der Waals surface area contributed by atoms with Crippen LogP contribution in [-0.4, -0.2) is 311 Å². The highest BCUT2D eigenvalue weighted by atomic mass is 31.2. The first-order chi connectivity index (χ1) is 35.8. The normalized spacial score (nSPS) is 48.5. The molecule has 0 spiro atoms. The maximum absolute atomic E-state index is 11.5. The summed E-state index contributed by atoms with van der Waals surface area (Å²) >= 11 is 0. The summed E-state index contributed by atoms with van der Waals surface area (Å²) in [5.74, 6) is 5.34. The molecule has 0 amide bonds. The molecule has 76 heavy (non-hydrogen) atoms. The smallest absolute Gasteiger partial charge is 0.206 e. The van der Waals surface area contributed by atoms with Crippen molar-refractivity contribution in [2.45, 2.75) is 184 Å². The molecule has 19 N–H and O–H groups in total. The van der Waals surface area contributed by atoms with Crippen LogP contribution < -0.4 is 25.8 Å². The molecule has 0 radical (unpaired) electrons. The predicted molar refractivity (Wildman–Crippen MR) is 215 cm³/mol. The molecule has 446 valence electrons. The van der Waals surface area contributed by atoms with Gasteiger partial charge in [0.1, 0.15) is 146 Å². The van der Waals surface area contributed by atoms with E-state index in [4.69, 9.17) is 67.5 Å². The van der Waals surface area contributed by atoms with E-state index in [1.807, 2.05) is 0 Å². The molecule has 0 aliphatic carbocycles. The number of aliphatic hydroxyl groups excluding tert-OH is 17. The van der Waals surface area contributed by atoms with E-state index in [1.165, 1.54) is 0 Å². The van der Waals surface area contributed by atoms with Crippen molar-refractivity contribution in [2.24, 2.45) is 5.90 Å². The summed E-state index contributed by atoms with van der Waals surface area (Å²) in [5, 5.41) is 192. The predicted octanol–water partition coefficient (Wildman–Crippen LogP) is -16.5. The lowest BCUT2D eigenvalue weighted by Gasteiger charge is -2.48. The van der Waals surface area contributed by atoms with Crippen LogP contribution in [0, 0.1) is 0 Å². The van der Waals surface area contributed by atoms with Crippen molar-refractivity contribution in [1.82, 2.24) is 0 Å².